The van der Waals surface area contributed by atoms with E-state index < -0.39 is 0 Å². The summed E-state index contributed by atoms with van der Waals surface area (Å²) < 4.78 is 18.3. The molecule has 0 spiro atoms. The summed E-state index contributed by atoms with van der Waals surface area (Å²) in [7, 11) is 1.65. The third-order valence-corrected chi connectivity index (χ3v) is 3.85. The van der Waals surface area contributed by atoms with Crippen molar-refractivity contribution in [3.8, 4) is 5.75 Å². The average molecular weight is 308 g/mol. The van der Waals surface area contributed by atoms with Gasteiger partial charge in [-0.3, -0.25) is 0 Å². The maximum atomic E-state index is 13.1. The zero-order valence-electron chi connectivity index (χ0n) is 12.4. The summed E-state index contributed by atoms with van der Waals surface area (Å²) >= 11 is 6.10. The molecule has 0 radical (unpaired) electrons. The lowest BCUT2D eigenvalue weighted by atomic mass is 10.0. The fourth-order valence-corrected chi connectivity index (χ4v) is 2.66. The highest BCUT2D eigenvalue weighted by Gasteiger charge is 2.14. The molecule has 2 atom stereocenters. The van der Waals surface area contributed by atoms with E-state index in [-0.39, 0.29) is 17.9 Å². The van der Waals surface area contributed by atoms with E-state index in [0.29, 0.717) is 5.02 Å². The van der Waals surface area contributed by atoms with Crippen LogP contribution in [0.25, 0.3) is 0 Å². The van der Waals surface area contributed by atoms with Crippen LogP contribution >= 0.6 is 11.6 Å². The monoisotopic (exact) mass is 307 g/mol. The lowest BCUT2D eigenvalue weighted by molar-refractivity contribution is 0.412. The van der Waals surface area contributed by atoms with Crippen molar-refractivity contribution in [1.29, 1.82) is 0 Å². The summed E-state index contributed by atoms with van der Waals surface area (Å²) in [6.07, 6.45) is 0. The van der Waals surface area contributed by atoms with E-state index >= 15 is 0 Å². The van der Waals surface area contributed by atoms with Crippen molar-refractivity contribution < 1.29 is 9.13 Å². The lowest BCUT2D eigenvalue weighted by Crippen LogP contribution is -2.22. The first-order chi connectivity index (χ1) is 10.0. The molecule has 2 aromatic rings. The van der Waals surface area contributed by atoms with Crippen molar-refractivity contribution in [2.24, 2.45) is 0 Å². The van der Waals surface area contributed by atoms with E-state index in [1.54, 1.807) is 13.2 Å². The van der Waals surface area contributed by atoms with Gasteiger partial charge in [0.25, 0.3) is 0 Å². The minimum atomic E-state index is -0.322. The summed E-state index contributed by atoms with van der Waals surface area (Å²) in [5, 5.41) is 3.90. The van der Waals surface area contributed by atoms with E-state index in [9.17, 15) is 4.39 Å². The number of hydrogen-bond acceptors (Lipinski definition) is 2. The van der Waals surface area contributed by atoms with E-state index in [1.807, 2.05) is 31.2 Å². The third-order valence-electron chi connectivity index (χ3n) is 3.52. The smallest absolute Gasteiger partial charge is 0.124 e. The summed E-state index contributed by atoms with van der Waals surface area (Å²) in [4.78, 5) is 0. The average Bonchev–Trinajstić information content (AvgIpc) is 2.47. The van der Waals surface area contributed by atoms with Crippen molar-refractivity contribution in [3.05, 3.63) is 64.4 Å². The first-order valence-corrected chi connectivity index (χ1v) is 7.24. The van der Waals surface area contributed by atoms with Gasteiger partial charge in [0.1, 0.15) is 11.6 Å². The van der Waals surface area contributed by atoms with Crippen LogP contribution in [0.2, 0.25) is 5.02 Å². The van der Waals surface area contributed by atoms with Crippen LogP contribution in [-0.2, 0) is 0 Å². The summed E-state index contributed by atoms with van der Waals surface area (Å²) in [5.41, 5.74) is 2.01. The second kappa shape index (κ2) is 6.92. The summed E-state index contributed by atoms with van der Waals surface area (Å²) in [6, 6.07) is 12.5. The molecule has 21 heavy (non-hydrogen) atoms. The molecule has 0 aliphatic carbocycles. The van der Waals surface area contributed by atoms with E-state index in [4.69, 9.17) is 16.3 Å². The van der Waals surface area contributed by atoms with Crippen molar-refractivity contribution in [1.82, 2.24) is 5.32 Å². The molecule has 0 aliphatic rings. The molecule has 0 aliphatic heterocycles. The number of methoxy groups -OCH3 is 1. The van der Waals surface area contributed by atoms with Gasteiger partial charge < -0.3 is 10.1 Å². The number of rotatable bonds is 5. The SMILES string of the molecule is COc1cccc(C(C)NC(C)c2ccc(F)cc2Cl)c1. The maximum Gasteiger partial charge on any atom is 0.124 e. The van der Waals surface area contributed by atoms with Crippen LogP contribution in [0.4, 0.5) is 4.39 Å². The van der Waals surface area contributed by atoms with Crippen molar-refractivity contribution in [2.75, 3.05) is 7.11 Å². The number of benzene rings is 2. The molecule has 2 nitrogen and oxygen atoms in total. The molecule has 0 saturated carbocycles. The van der Waals surface area contributed by atoms with Crippen molar-refractivity contribution in [3.63, 3.8) is 0 Å². The molecule has 1 N–H and O–H groups in total. The molecular formula is C17H19ClFNO. The highest BCUT2D eigenvalue weighted by atomic mass is 35.5. The van der Waals surface area contributed by atoms with Gasteiger partial charge in [0.05, 0.1) is 7.11 Å². The number of nitrogens with one attached hydrogen (secondary N) is 1. The van der Waals surface area contributed by atoms with Crippen molar-refractivity contribution >= 4 is 11.6 Å². The number of hydrogen-bond donors (Lipinski definition) is 1. The zero-order chi connectivity index (χ0) is 15.4. The Morgan fingerprint density at radius 3 is 2.52 bits per heavy atom. The number of ether oxygens (including phenoxy) is 1. The van der Waals surface area contributed by atoms with Gasteiger partial charge in [-0.25, -0.2) is 4.39 Å². The van der Waals surface area contributed by atoms with E-state index in [0.717, 1.165) is 16.9 Å². The minimum absolute atomic E-state index is 0.0132. The van der Waals surface area contributed by atoms with E-state index in [2.05, 4.69) is 12.2 Å². The molecule has 112 valence electrons. The molecule has 4 heteroatoms. The topological polar surface area (TPSA) is 21.3 Å². The molecule has 0 fully saturated rings. The molecule has 0 aromatic heterocycles. The van der Waals surface area contributed by atoms with Crippen LogP contribution in [0.1, 0.15) is 37.1 Å². The molecule has 0 saturated heterocycles. The van der Waals surface area contributed by atoms with Gasteiger partial charge in [-0.15, -0.1) is 0 Å². The highest BCUT2D eigenvalue weighted by molar-refractivity contribution is 6.31. The predicted octanol–water partition coefficient (Wildman–Crippen LogP) is 4.90. The van der Waals surface area contributed by atoms with Crippen LogP contribution in [0.5, 0.6) is 5.75 Å². The molecule has 0 heterocycles. The van der Waals surface area contributed by atoms with Crippen LogP contribution in [-0.4, -0.2) is 7.11 Å². The first-order valence-electron chi connectivity index (χ1n) is 6.86. The zero-order valence-corrected chi connectivity index (χ0v) is 13.1. The Labute approximate surface area is 129 Å². The first kappa shape index (κ1) is 15.8. The summed E-state index contributed by atoms with van der Waals surface area (Å²) in [6.45, 7) is 4.08. The van der Waals surface area contributed by atoms with Gasteiger partial charge in [-0.05, 0) is 49.2 Å². The fourth-order valence-electron chi connectivity index (χ4n) is 2.32. The molecule has 2 aromatic carbocycles. The van der Waals surface area contributed by atoms with Crippen LogP contribution in [0.3, 0.4) is 0 Å². The van der Waals surface area contributed by atoms with Gasteiger partial charge in [0, 0.05) is 17.1 Å². The third kappa shape index (κ3) is 3.96. The van der Waals surface area contributed by atoms with Gasteiger partial charge in [0.15, 0.2) is 0 Å². The standard InChI is InChI=1S/C17H19ClFNO/c1-11(13-5-4-6-15(9-13)21-3)20-12(2)16-8-7-14(19)10-17(16)18/h4-12,20H,1-3H3. The Morgan fingerprint density at radius 1 is 1.10 bits per heavy atom. The Bertz CT molecular complexity index is 617. The van der Waals surface area contributed by atoms with Gasteiger partial charge in [0.2, 0.25) is 0 Å². The molecule has 2 rings (SSSR count). The van der Waals surface area contributed by atoms with Crippen LogP contribution < -0.4 is 10.1 Å². The van der Waals surface area contributed by atoms with Gasteiger partial charge in [-0.1, -0.05) is 29.8 Å². The highest BCUT2D eigenvalue weighted by Crippen LogP contribution is 2.27. The quantitative estimate of drug-likeness (QED) is 0.848. The van der Waals surface area contributed by atoms with Gasteiger partial charge >= 0.3 is 0 Å². The predicted molar refractivity (Wildman–Crippen MR) is 84.4 cm³/mol. The Morgan fingerprint density at radius 2 is 1.86 bits per heavy atom. The summed E-state index contributed by atoms with van der Waals surface area (Å²) in [5.74, 6) is 0.505. The van der Waals surface area contributed by atoms with E-state index in [1.165, 1.54) is 12.1 Å². The second-order valence-electron chi connectivity index (χ2n) is 5.05. The van der Waals surface area contributed by atoms with Crippen molar-refractivity contribution in [2.45, 2.75) is 25.9 Å². The lowest BCUT2D eigenvalue weighted by Gasteiger charge is -2.22. The second-order valence-corrected chi connectivity index (χ2v) is 5.46. The van der Waals surface area contributed by atoms with Crippen LogP contribution in [0.15, 0.2) is 42.5 Å². The Kier molecular flexibility index (Phi) is 5.21. The molecular weight excluding hydrogens is 289 g/mol. The van der Waals surface area contributed by atoms with Gasteiger partial charge in [-0.2, -0.15) is 0 Å². The maximum absolute atomic E-state index is 13.1. The fraction of sp³-hybridized carbons (Fsp3) is 0.294. The molecule has 0 amide bonds. The Balaban J connectivity index is 2.12. The van der Waals surface area contributed by atoms with Crippen LogP contribution in [0, 0.1) is 5.82 Å². The number of halogens is 2. The molecule has 2 unspecified atom stereocenters. The molecule has 0 bridgehead atoms. The normalized spacial score (nSPS) is 13.8. The Hall–Kier alpha value is -1.58. The minimum Gasteiger partial charge on any atom is -0.497 e. The largest absolute Gasteiger partial charge is 0.497 e.